The lowest BCUT2D eigenvalue weighted by atomic mass is 9.93. The summed E-state index contributed by atoms with van der Waals surface area (Å²) >= 11 is 0. The normalized spacial score (nSPS) is 12.4. The van der Waals surface area contributed by atoms with Crippen LogP contribution in [0.4, 0.5) is 0 Å². The minimum atomic E-state index is 1.02. The predicted octanol–water partition coefficient (Wildman–Crippen LogP) is 13.8. The zero-order valence-corrected chi connectivity index (χ0v) is 25.5. The van der Waals surface area contributed by atoms with E-state index in [0.717, 1.165) is 5.92 Å². The SMILES string of the molecule is CCCCCCCCCCCCCCCCCCCCCCCCCCCCC(CC)CCCC. The molecule has 0 heteroatoms. The van der Waals surface area contributed by atoms with Gasteiger partial charge in [-0.15, -0.1) is 0 Å². The van der Waals surface area contributed by atoms with Crippen molar-refractivity contribution in [3.05, 3.63) is 0 Å². The Kier molecular flexibility index (Phi) is 32.0. The molecule has 0 saturated carbocycles. The first-order valence-corrected chi connectivity index (χ1v) is 17.3. The maximum absolute atomic E-state index is 2.39. The van der Waals surface area contributed by atoms with Gasteiger partial charge < -0.3 is 0 Å². The van der Waals surface area contributed by atoms with Crippen LogP contribution in [0.3, 0.4) is 0 Å². The third kappa shape index (κ3) is 30.1. The second-order valence-electron chi connectivity index (χ2n) is 12.0. The molecule has 0 bridgehead atoms. The van der Waals surface area contributed by atoms with E-state index in [1.165, 1.54) is 199 Å². The molecule has 0 rings (SSSR count). The minimum absolute atomic E-state index is 1.02. The van der Waals surface area contributed by atoms with Crippen LogP contribution < -0.4 is 0 Å². The van der Waals surface area contributed by atoms with Crippen molar-refractivity contribution in [1.82, 2.24) is 0 Å². The van der Waals surface area contributed by atoms with Crippen molar-refractivity contribution in [3.63, 3.8) is 0 Å². The summed E-state index contributed by atoms with van der Waals surface area (Å²) in [4.78, 5) is 0. The molecule has 0 aromatic heterocycles. The molecule has 212 valence electrons. The highest BCUT2D eigenvalue weighted by Crippen LogP contribution is 2.21. The van der Waals surface area contributed by atoms with E-state index < -0.39 is 0 Å². The van der Waals surface area contributed by atoms with Gasteiger partial charge in [0.05, 0.1) is 0 Å². The summed E-state index contributed by atoms with van der Waals surface area (Å²) in [5.74, 6) is 1.02. The largest absolute Gasteiger partial charge is 0.0654 e. The Balaban J connectivity index is 3.09. The molecule has 0 aliphatic rings. The van der Waals surface area contributed by atoms with Crippen LogP contribution in [0.5, 0.6) is 0 Å². The van der Waals surface area contributed by atoms with Crippen LogP contribution in [0.15, 0.2) is 0 Å². The van der Waals surface area contributed by atoms with E-state index in [1.54, 1.807) is 0 Å². The van der Waals surface area contributed by atoms with Crippen LogP contribution in [-0.4, -0.2) is 0 Å². The lowest BCUT2D eigenvalue weighted by molar-refractivity contribution is 0.399. The van der Waals surface area contributed by atoms with Crippen molar-refractivity contribution >= 4 is 0 Å². The summed E-state index contributed by atoms with van der Waals surface area (Å²) in [5.41, 5.74) is 0. The van der Waals surface area contributed by atoms with Crippen LogP contribution >= 0.6 is 0 Å². The standard InChI is InChI=1S/C35H72/c1-4-7-9-10-11-12-13-14-15-16-17-18-19-20-21-22-23-24-25-26-27-28-29-30-31-32-34-35(6-3)33-8-5-2/h35H,4-34H2,1-3H3. The highest BCUT2D eigenvalue weighted by Gasteiger charge is 2.05. The molecule has 0 aromatic carbocycles. The van der Waals surface area contributed by atoms with E-state index in [-0.39, 0.29) is 0 Å². The van der Waals surface area contributed by atoms with Gasteiger partial charge in [0, 0.05) is 0 Å². The van der Waals surface area contributed by atoms with Crippen molar-refractivity contribution < 1.29 is 0 Å². The molecule has 0 aromatic rings. The highest BCUT2D eigenvalue weighted by molar-refractivity contribution is 4.58. The molecule has 0 N–H and O–H groups in total. The van der Waals surface area contributed by atoms with E-state index in [0.29, 0.717) is 0 Å². The zero-order chi connectivity index (χ0) is 25.5. The summed E-state index contributed by atoms with van der Waals surface area (Å²) in [7, 11) is 0. The number of hydrogen-bond donors (Lipinski definition) is 0. The first-order chi connectivity index (χ1) is 17.3. The lowest BCUT2D eigenvalue weighted by Crippen LogP contribution is -1.98. The van der Waals surface area contributed by atoms with Crippen LogP contribution in [0, 0.1) is 5.92 Å². The van der Waals surface area contributed by atoms with Crippen LogP contribution in [0.1, 0.15) is 220 Å². The van der Waals surface area contributed by atoms with Gasteiger partial charge in [0.1, 0.15) is 0 Å². The van der Waals surface area contributed by atoms with Crippen LogP contribution in [0.25, 0.3) is 0 Å². The second-order valence-corrected chi connectivity index (χ2v) is 12.0. The Morgan fingerprint density at radius 1 is 0.257 bits per heavy atom. The number of unbranched alkanes of at least 4 members (excludes halogenated alkanes) is 26. The van der Waals surface area contributed by atoms with Crippen LogP contribution in [0.2, 0.25) is 0 Å². The maximum atomic E-state index is 2.39. The van der Waals surface area contributed by atoms with E-state index in [2.05, 4.69) is 20.8 Å². The van der Waals surface area contributed by atoms with Crippen molar-refractivity contribution in [2.45, 2.75) is 220 Å². The first-order valence-electron chi connectivity index (χ1n) is 17.3. The van der Waals surface area contributed by atoms with E-state index >= 15 is 0 Å². The van der Waals surface area contributed by atoms with E-state index in [1.807, 2.05) is 0 Å². The Morgan fingerprint density at radius 2 is 0.486 bits per heavy atom. The third-order valence-corrected chi connectivity index (χ3v) is 8.51. The predicted molar refractivity (Wildman–Crippen MR) is 164 cm³/mol. The molecular weight excluding hydrogens is 420 g/mol. The molecule has 0 saturated heterocycles. The van der Waals surface area contributed by atoms with Gasteiger partial charge in [-0.3, -0.25) is 0 Å². The third-order valence-electron chi connectivity index (χ3n) is 8.51. The summed E-state index contributed by atoms with van der Waals surface area (Å²) in [6, 6.07) is 0. The fourth-order valence-electron chi connectivity index (χ4n) is 5.79. The zero-order valence-electron chi connectivity index (χ0n) is 25.5. The Labute approximate surface area is 225 Å². The summed E-state index contributed by atoms with van der Waals surface area (Å²) in [6.07, 6.45) is 45.8. The fourth-order valence-corrected chi connectivity index (χ4v) is 5.79. The van der Waals surface area contributed by atoms with Gasteiger partial charge in [-0.2, -0.15) is 0 Å². The lowest BCUT2D eigenvalue weighted by Gasteiger charge is -2.13. The van der Waals surface area contributed by atoms with Gasteiger partial charge in [-0.1, -0.05) is 220 Å². The topological polar surface area (TPSA) is 0 Å². The van der Waals surface area contributed by atoms with E-state index in [4.69, 9.17) is 0 Å². The second kappa shape index (κ2) is 32.0. The summed E-state index contributed by atoms with van der Waals surface area (Å²) in [6.45, 7) is 7.03. The van der Waals surface area contributed by atoms with Crippen molar-refractivity contribution in [3.8, 4) is 0 Å². The monoisotopic (exact) mass is 493 g/mol. The number of hydrogen-bond acceptors (Lipinski definition) is 0. The van der Waals surface area contributed by atoms with Gasteiger partial charge in [-0.05, 0) is 5.92 Å². The average Bonchev–Trinajstić information content (AvgIpc) is 2.88. The smallest absolute Gasteiger partial charge is 0.0417 e. The molecule has 0 fully saturated rings. The van der Waals surface area contributed by atoms with Gasteiger partial charge in [-0.25, -0.2) is 0 Å². The molecular formula is C35H72. The van der Waals surface area contributed by atoms with Crippen molar-refractivity contribution in [2.75, 3.05) is 0 Å². The summed E-state index contributed by atoms with van der Waals surface area (Å²) in [5, 5.41) is 0. The Hall–Kier alpha value is 0. The molecule has 0 nitrogen and oxygen atoms in total. The fraction of sp³-hybridized carbons (Fsp3) is 1.00. The number of rotatable bonds is 31. The van der Waals surface area contributed by atoms with Gasteiger partial charge in [0.15, 0.2) is 0 Å². The van der Waals surface area contributed by atoms with Gasteiger partial charge in [0.25, 0.3) is 0 Å². The molecule has 0 heterocycles. The molecule has 0 aliphatic carbocycles. The molecule has 0 aliphatic heterocycles. The quantitative estimate of drug-likeness (QED) is 0.0844. The van der Waals surface area contributed by atoms with Crippen molar-refractivity contribution in [2.24, 2.45) is 5.92 Å². The Morgan fingerprint density at radius 3 is 0.743 bits per heavy atom. The van der Waals surface area contributed by atoms with Gasteiger partial charge in [0.2, 0.25) is 0 Å². The molecule has 35 heavy (non-hydrogen) atoms. The maximum Gasteiger partial charge on any atom is -0.0417 e. The summed E-state index contributed by atoms with van der Waals surface area (Å²) < 4.78 is 0. The molecule has 0 radical (unpaired) electrons. The van der Waals surface area contributed by atoms with Gasteiger partial charge >= 0.3 is 0 Å². The highest BCUT2D eigenvalue weighted by atomic mass is 14.1. The van der Waals surface area contributed by atoms with Crippen molar-refractivity contribution in [1.29, 1.82) is 0 Å². The average molecular weight is 493 g/mol. The minimum Gasteiger partial charge on any atom is -0.0654 e. The first kappa shape index (κ1) is 35.0. The molecule has 1 atom stereocenters. The van der Waals surface area contributed by atoms with E-state index in [9.17, 15) is 0 Å². The molecule has 1 unspecified atom stereocenters. The Bertz CT molecular complexity index is 346. The molecule has 0 spiro atoms. The molecule has 0 amide bonds. The van der Waals surface area contributed by atoms with Crippen LogP contribution in [-0.2, 0) is 0 Å².